The van der Waals surface area contributed by atoms with Gasteiger partial charge in [0.1, 0.15) is 0 Å². The summed E-state index contributed by atoms with van der Waals surface area (Å²) in [4.78, 5) is 0. The Balaban J connectivity index is 2.65. The van der Waals surface area contributed by atoms with E-state index in [0.29, 0.717) is 19.8 Å². The largest absolute Gasteiger partial charge is 0.375 e. The highest BCUT2D eigenvalue weighted by atomic mass is 79.9. The second-order valence-corrected chi connectivity index (χ2v) is 4.36. The van der Waals surface area contributed by atoms with Gasteiger partial charge in [-0.25, -0.2) is 0 Å². The molecule has 0 radical (unpaired) electrons. The van der Waals surface area contributed by atoms with Crippen LogP contribution in [0.4, 0.5) is 0 Å². The van der Waals surface area contributed by atoms with Crippen molar-refractivity contribution < 1.29 is 4.74 Å². The Labute approximate surface area is 105 Å². The van der Waals surface area contributed by atoms with Gasteiger partial charge >= 0.3 is 0 Å². The Hall–Kier alpha value is -0.390. The minimum absolute atomic E-state index is 0.599. The smallest absolute Gasteiger partial charge is 0.0896 e. The van der Waals surface area contributed by atoms with Crippen LogP contribution in [0.15, 0.2) is 4.47 Å². The maximum Gasteiger partial charge on any atom is 0.0896 e. The standard InChI is InChI=1S/C11H20BrN3O/c1-3-9-11(12)10(15(4-2)14-9)8-16-7-5-6-13/h3-8,13H2,1-2H3. The number of rotatable bonds is 7. The maximum atomic E-state index is 5.57. The molecule has 1 aromatic rings. The molecule has 92 valence electrons. The summed E-state index contributed by atoms with van der Waals surface area (Å²) in [5, 5.41) is 4.51. The molecule has 2 N–H and O–H groups in total. The zero-order valence-electron chi connectivity index (χ0n) is 10.0. The van der Waals surface area contributed by atoms with Crippen molar-refractivity contribution in [2.24, 2.45) is 5.73 Å². The van der Waals surface area contributed by atoms with Crippen LogP contribution in [0.1, 0.15) is 31.7 Å². The minimum atomic E-state index is 0.599. The summed E-state index contributed by atoms with van der Waals surface area (Å²) in [5.74, 6) is 0. The van der Waals surface area contributed by atoms with Gasteiger partial charge in [-0.1, -0.05) is 6.92 Å². The number of halogens is 1. The fourth-order valence-electron chi connectivity index (χ4n) is 1.51. The van der Waals surface area contributed by atoms with Gasteiger partial charge in [0.05, 0.1) is 22.5 Å². The quantitative estimate of drug-likeness (QED) is 0.782. The Kier molecular flexibility index (Phi) is 6.01. The molecule has 0 spiro atoms. The van der Waals surface area contributed by atoms with E-state index in [1.807, 2.05) is 4.68 Å². The molecule has 0 aliphatic heterocycles. The molecule has 0 fully saturated rings. The number of aryl methyl sites for hydroxylation is 2. The summed E-state index contributed by atoms with van der Waals surface area (Å²) in [6, 6.07) is 0. The number of hydrogen-bond acceptors (Lipinski definition) is 3. The van der Waals surface area contributed by atoms with E-state index in [-0.39, 0.29) is 0 Å². The molecular formula is C11H20BrN3O. The second-order valence-electron chi connectivity index (χ2n) is 3.57. The third kappa shape index (κ3) is 3.30. The van der Waals surface area contributed by atoms with Gasteiger partial charge in [-0.05, 0) is 42.2 Å². The van der Waals surface area contributed by atoms with Crippen LogP contribution in [0, 0.1) is 0 Å². The fraction of sp³-hybridized carbons (Fsp3) is 0.727. The van der Waals surface area contributed by atoms with E-state index in [9.17, 15) is 0 Å². The van der Waals surface area contributed by atoms with Gasteiger partial charge in [0, 0.05) is 13.2 Å². The first-order valence-corrected chi connectivity index (χ1v) is 6.55. The van der Waals surface area contributed by atoms with E-state index in [1.165, 1.54) is 0 Å². The van der Waals surface area contributed by atoms with E-state index in [4.69, 9.17) is 10.5 Å². The molecule has 4 nitrogen and oxygen atoms in total. The molecule has 0 atom stereocenters. The van der Waals surface area contributed by atoms with E-state index < -0.39 is 0 Å². The zero-order chi connectivity index (χ0) is 12.0. The van der Waals surface area contributed by atoms with Crippen LogP contribution in [0.25, 0.3) is 0 Å². The fourth-order valence-corrected chi connectivity index (χ4v) is 2.19. The molecule has 0 saturated heterocycles. The lowest BCUT2D eigenvalue weighted by Gasteiger charge is -2.06. The van der Waals surface area contributed by atoms with Gasteiger partial charge in [-0.2, -0.15) is 5.10 Å². The lowest BCUT2D eigenvalue weighted by Crippen LogP contribution is -2.08. The van der Waals surface area contributed by atoms with Crippen molar-refractivity contribution in [3.63, 3.8) is 0 Å². The normalized spacial score (nSPS) is 11.0. The van der Waals surface area contributed by atoms with Gasteiger partial charge in [-0.3, -0.25) is 4.68 Å². The van der Waals surface area contributed by atoms with Crippen molar-refractivity contribution >= 4 is 15.9 Å². The number of aromatic nitrogens is 2. The summed E-state index contributed by atoms with van der Waals surface area (Å²) < 4.78 is 8.65. The summed E-state index contributed by atoms with van der Waals surface area (Å²) in [6.45, 7) is 7.04. The molecule has 0 bridgehead atoms. The Morgan fingerprint density at radius 2 is 2.19 bits per heavy atom. The van der Waals surface area contributed by atoms with Crippen LogP contribution < -0.4 is 5.73 Å². The SMILES string of the molecule is CCc1nn(CC)c(COCCCN)c1Br. The first-order valence-electron chi connectivity index (χ1n) is 5.76. The summed E-state index contributed by atoms with van der Waals surface area (Å²) in [7, 11) is 0. The lowest BCUT2D eigenvalue weighted by molar-refractivity contribution is 0.114. The molecule has 1 aromatic heterocycles. The number of ether oxygens (including phenoxy) is 1. The van der Waals surface area contributed by atoms with Crippen LogP contribution in [0.5, 0.6) is 0 Å². The number of nitrogens with two attached hydrogens (primary N) is 1. The highest BCUT2D eigenvalue weighted by molar-refractivity contribution is 9.10. The topological polar surface area (TPSA) is 53.1 Å². The number of nitrogens with zero attached hydrogens (tertiary/aromatic N) is 2. The molecule has 1 heterocycles. The van der Waals surface area contributed by atoms with Crippen molar-refractivity contribution in [3.05, 3.63) is 15.9 Å². The summed E-state index contributed by atoms with van der Waals surface area (Å²) in [6.07, 6.45) is 1.84. The second kappa shape index (κ2) is 7.04. The first kappa shape index (κ1) is 13.7. The third-order valence-electron chi connectivity index (χ3n) is 2.43. The average Bonchev–Trinajstić information content (AvgIpc) is 2.61. The number of hydrogen-bond donors (Lipinski definition) is 1. The van der Waals surface area contributed by atoms with Crippen LogP contribution in [-0.4, -0.2) is 22.9 Å². The highest BCUT2D eigenvalue weighted by Crippen LogP contribution is 2.22. The van der Waals surface area contributed by atoms with E-state index >= 15 is 0 Å². The van der Waals surface area contributed by atoms with E-state index in [0.717, 1.165) is 35.2 Å². The Morgan fingerprint density at radius 1 is 1.44 bits per heavy atom. The van der Waals surface area contributed by atoms with Gasteiger partial charge in [0.25, 0.3) is 0 Å². The molecule has 0 aromatic carbocycles. The first-order chi connectivity index (χ1) is 7.74. The van der Waals surface area contributed by atoms with E-state index in [1.54, 1.807) is 0 Å². The summed E-state index contributed by atoms with van der Waals surface area (Å²) in [5.41, 5.74) is 7.63. The molecule has 0 amide bonds. The molecule has 0 saturated carbocycles. The van der Waals surface area contributed by atoms with Crippen LogP contribution in [0.3, 0.4) is 0 Å². The molecule has 0 aliphatic carbocycles. The highest BCUT2D eigenvalue weighted by Gasteiger charge is 2.13. The Morgan fingerprint density at radius 3 is 2.75 bits per heavy atom. The van der Waals surface area contributed by atoms with Gasteiger partial charge < -0.3 is 10.5 Å². The maximum absolute atomic E-state index is 5.57. The van der Waals surface area contributed by atoms with Crippen molar-refractivity contribution in [3.8, 4) is 0 Å². The van der Waals surface area contributed by atoms with Crippen molar-refractivity contribution in [1.29, 1.82) is 0 Å². The Bertz CT molecular complexity index is 325. The molecule has 1 rings (SSSR count). The lowest BCUT2D eigenvalue weighted by atomic mass is 10.3. The van der Waals surface area contributed by atoms with Gasteiger partial charge in [0.2, 0.25) is 0 Å². The third-order valence-corrected chi connectivity index (χ3v) is 3.34. The van der Waals surface area contributed by atoms with E-state index in [2.05, 4.69) is 34.9 Å². The average molecular weight is 290 g/mol. The predicted octanol–water partition coefficient (Wildman–Crippen LogP) is 2.09. The van der Waals surface area contributed by atoms with Crippen LogP contribution >= 0.6 is 15.9 Å². The molecule has 0 aliphatic rings. The van der Waals surface area contributed by atoms with Crippen molar-refractivity contribution in [2.75, 3.05) is 13.2 Å². The molecular weight excluding hydrogens is 270 g/mol. The van der Waals surface area contributed by atoms with Gasteiger partial charge in [0.15, 0.2) is 0 Å². The predicted molar refractivity (Wildman–Crippen MR) is 68.3 cm³/mol. The monoisotopic (exact) mass is 289 g/mol. The zero-order valence-corrected chi connectivity index (χ0v) is 11.6. The summed E-state index contributed by atoms with van der Waals surface area (Å²) >= 11 is 3.58. The van der Waals surface area contributed by atoms with Crippen LogP contribution in [0.2, 0.25) is 0 Å². The van der Waals surface area contributed by atoms with Gasteiger partial charge in [-0.15, -0.1) is 0 Å². The molecule has 5 heteroatoms. The van der Waals surface area contributed by atoms with Crippen molar-refractivity contribution in [1.82, 2.24) is 9.78 Å². The van der Waals surface area contributed by atoms with Crippen LogP contribution in [-0.2, 0) is 24.3 Å². The van der Waals surface area contributed by atoms with Crippen molar-refractivity contribution in [2.45, 2.75) is 39.8 Å². The minimum Gasteiger partial charge on any atom is -0.375 e. The molecule has 0 unspecified atom stereocenters. The molecule has 16 heavy (non-hydrogen) atoms.